The van der Waals surface area contributed by atoms with Gasteiger partial charge in [-0.2, -0.15) is 0 Å². The molecule has 2 saturated heterocycles. The van der Waals surface area contributed by atoms with Crippen LogP contribution in [-0.2, 0) is 18.4 Å². The van der Waals surface area contributed by atoms with Gasteiger partial charge in [0.15, 0.2) is 0 Å². The molecule has 0 aromatic carbocycles. The molecule has 0 N–H and O–H groups in total. The van der Waals surface area contributed by atoms with E-state index in [0.717, 1.165) is 57.6 Å². The third kappa shape index (κ3) is 2.81. The molecule has 5 nitrogen and oxygen atoms in total. The zero-order chi connectivity index (χ0) is 13.2. The second-order valence-corrected chi connectivity index (χ2v) is 5.73. The van der Waals surface area contributed by atoms with Gasteiger partial charge in [0, 0.05) is 51.9 Å². The summed E-state index contributed by atoms with van der Waals surface area (Å²) in [6, 6.07) is 0.481. The molecule has 0 atom stereocenters. The minimum absolute atomic E-state index is 0.364. The standard InChI is InChI=1S/C14H22N4O/c1-16-9-12(15-11-16)10-17-7-4-13(5-8-17)18-6-2-3-14(18)19/h9,11,13H,2-8,10H2,1H3. The van der Waals surface area contributed by atoms with Gasteiger partial charge in [-0.25, -0.2) is 4.98 Å². The summed E-state index contributed by atoms with van der Waals surface area (Å²) in [5.74, 6) is 0.364. The molecule has 0 aliphatic carbocycles. The molecule has 0 bridgehead atoms. The zero-order valence-corrected chi connectivity index (χ0v) is 11.6. The Morgan fingerprint density at radius 2 is 2.11 bits per heavy atom. The van der Waals surface area contributed by atoms with Crippen molar-refractivity contribution in [2.45, 2.75) is 38.3 Å². The van der Waals surface area contributed by atoms with E-state index in [4.69, 9.17) is 0 Å². The van der Waals surface area contributed by atoms with Crippen LogP contribution in [-0.4, -0.2) is 50.9 Å². The Hall–Kier alpha value is -1.36. The molecule has 0 radical (unpaired) electrons. The summed E-state index contributed by atoms with van der Waals surface area (Å²) in [6.45, 7) is 4.06. The first kappa shape index (κ1) is 12.7. The highest BCUT2D eigenvalue weighted by molar-refractivity contribution is 5.78. The molecule has 104 valence electrons. The second-order valence-electron chi connectivity index (χ2n) is 5.73. The molecule has 2 aliphatic heterocycles. The zero-order valence-electron chi connectivity index (χ0n) is 11.6. The van der Waals surface area contributed by atoms with E-state index in [1.54, 1.807) is 0 Å². The largest absolute Gasteiger partial charge is 0.340 e. The molecule has 2 aliphatic rings. The summed E-state index contributed by atoms with van der Waals surface area (Å²) in [4.78, 5) is 20.7. The minimum Gasteiger partial charge on any atom is -0.340 e. The molecule has 1 aromatic rings. The Labute approximate surface area is 114 Å². The number of amides is 1. The van der Waals surface area contributed by atoms with Gasteiger partial charge in [0.25, 0.3) is 0 Å². The average Bonchev–Trinajstić information content (AvgIpc) is 3.00. The van der Waals surface area contributed by atoms with Gasteiger partial charge >= 0.3 is 0 Å². The molecule has 1 amide bonds. The van der Waals surface area contributed by atoms with Gasteiger partial charge in [-0.3, -0.25) is 9.69 Å². The SMILES string of the molecule is Cn1cnc(CN2CCC(N3CCCC3=O)CC2)c1. The second kappa shape index (κ2) is 5.33. The maximum absolute atomic E-state index is 11.7. The monoisotopic (exact) mass is 262 g/mol. The van der Waals surface area contributed by atoms with Crippen LogP contribution in [0.3, 0.4) is 0 Å². The fraction of sp³-hybridized carbons (Fsp3) is 0.714. The summed E-state index contributed by atoms with van der Waals surface area (Å²) < 4.78 is 1.99. The van der Waals surface area contributed by atoms with Crippen LogP contribution >= 0.6 is 0 Å². The predicted octanol–water partition coefficient (Wildman–Crippen LogP) is 1.01. The van der Waals surface area contributed by atoms with Gasteiger partial charge in [0.05, 0.1) is 12.0 Å². The highest BCUT2D eigenvalue weighted by Crippen LogP contribution is 2.22. The Kier molecular flexibility index (Phi) is 3.55. The number of carbonyl (C=O) groups is 1. The average molecular weight is 262 g/mol. The Morgan fingerprint density at radius 1 is 1.32 bits per heavy atom. The number of aromatic nitrogens is 2. The summed E-state index contributed by atoms with van der Waals surface area (Å²) in [5.41, 5.74) is 1.14. The van der Waals surface area contributed by atoms with Crippen molar-refractivity contribution in [1.29, 1.82) is 0 Å². The molecule has 2 fully saturated rings. The van der Waals surface area contributed by atoms with E-state index < -0.39 is 0 Å². The summed E-state index contributed by atoms with van der Waals surface area (Å²) in [6.07, 6.45) is 7.96. The van der Waals surface area contributed by atoms with Gasteiger partial charge < -0.3 is 9.47 Å². The fourth-order valence-corrected chi connectivity index (χ4v) is 3.22. The van der Waals surface area contributed by atoms with Crippen LogP contribution in [0.5, 0.6) is 0 Å². The first-order valence-corrected chi connectivity index (χ1v) is 7.21. The van der Waals surface area contributed by atoms with Gasteiger partial charge in [-0.1, -0.05) is 0 Å². The number of aryl methyl sites for hydroxylation is 1. The molecule has 5 heteroatoms. The Balaban J connectivity index is 1.50. The minimum atomic E-state index is 0.364. The lowest BCUT2D eigenvalue weighted by Crippen LogP contribution is -2.45. The normalized spacial score (nSPS) is 22.4. The predicted molar refractivity (Wildman–Crippen MR) is 72.5 cm³/mol. The number of hydrogen-bond donors (Lipinski definition) is 0. The molecule has 3 heterocycles. The van der Waals surface area contributed by atoms with E-state index in [-0.39, 0.29) is 0 Å². The van der Waals surface area contributed by atoms with Crippen molar-refractivity contribution in [1.82, 2.24) is 19.4 Å². The van der Waals surface area contributed by atoms with Crippen LogP contribution < -0.4 is 0 Å². The van der Waals surface area contributed by atoms with Gasteiger partial charge in [0.2, 0.25) is 5.91 Å². The fourth-order valence-electron chi connectivity index (χ4n) is 3.22. The van der Waals surface area contributed by atoms with E-state index in [1.807, 2.05) is 17.9 Å². The Bertz CT molecular complexity index is 448. The Morgan fingerprint density at radius 3 is 2.68 bits per heavy atom. The van der Waals surface area contributed by atoms with Gasteiger partial charge in [0.1, 0.15) is 0 Å². The summed E-state index contributed by atoms with van der Waals surface area (Å²) >= 11 is 0. The molecular weight excluding hydrogens is 240 g/mol. The maximum atomic E-state index is 11.7. The van der Waals surface area contributed by atoms with Crippen molar-refractivity contribution in [3.63, 3.8) is 0 Å². The number of imidazole rings is 1. The molecular formula is C14H22N4O. The van der Waals surface area contributed by atoms with Crippen LogP contribution in [0, 0.1) is 0 Å². The van der Waals surface area contributed by atoms with Crippen LogP contribution in [0.15, 0.2) is 12.5 Å². The number of hydrogen-bond acceptors (Lipinski definition) is 3. The van der Waals surface area contributed by atoms with Crippen molar-refractivity contribution < 1.29 is 4.79 Å². The molecule has 3 rings (SSSR count). The maximum Gasteiger partial charge on any atom is 0.222 e. The van der Waals surface area contributed by atoms with Crippen LogP contribution in [0.25, 0.3) is 0 Å². The third-order valence-electron chi connectivity index (χ3n) is 4.25. The van der Waals surface area contributed by atoms with E-state index in [1.165, 1.54) is 0 Å². The first-order valence-electron chi connectivity index (χ1n) is 7.21. The van der Waals surface area contributed by atoms with Gasteiger partial charge in [-0.05, 0) is 19.3 Å². The molecule has 0 spiro atoms. The summed E-state index contributed by atoms with van der Waals surface area (Å²) in [7, 11) is 2.00. The van der Waals surface area contributed by atoms with Crippen molar-refractivity contribution in [3.8, 4) is 0 Å². The highest BCUT2D eigenvalue weighted by Gasteiger charge is 2.30. The van der Waals surface area contributed by atoms with Crippen LogP contribution in [0.4, 0.5) is 0 Å². The van der Waals surface area contributed by atoms with Crippen molar-refractivity contribution in [3.05, 3.63) is 18.2 Å². The lowest BCUT2D eigenvalue weighted by atomic mass is 10.0. The highest BCUT2D eigenvalue weighted by atomic mass is 16.2. The lowest BCUT2D eigenvalue weighted by Gasteiger charge is -2.36. The molecule has 0 saturated carbocycles. The van der Waals surface area contributed by atoms with Crippen molar-refractivity contribution in [2.75, 3.05) is 19.6 Å². The molecule has 0 unspecified atom stereocenters. The van der Waals surface area contributed by atoms with E-state index in [0.29, 0.717) is 11.9 Å². The lowest BCUT2D eigenvalue weighted by molar-refractivity contribution is -0.130. The van der Waals surface area contributed by atoms with Crippen molar-refractivity contribution in [2.24, 2.45) is 7.05 Å². The number of rotatable bonds is 3. The molecule has 19 heavy (non-hydrogen) atoms. The number of piperidine rings is 1. The number of carbonyl (C=O) groups excluding carboxylic acids is 1. The third-order valence-corrected chi connectivity index (χ3v) is 4.25. The van der Waals surface area contributed by atoms with E-state index in [2.05, 4.69) is 21.0 Å². The quantitative estimate of drug-likeness (QED) is 0.816. The smallest absolute Gasteiger partial charge is 0.222 e. The number of likely N-dealkylation sites (tertiary alicyclic amines) is 2. The van der Waals surface area contributed by atoms with Gasteiger partial charge in [-0.15, -0.1) is 0 Å². The molecule has 1 aromatic heterocycles. The number of nitrogens with zero attached hydrogens (tertiary/aromatic N) is 4. The van der Waals surface area contributed by atoms with E-state index >= 15 is 0 Å². The van der Waals surface area contributed by atoms with Crippen LogP contribution in [0.2, 0.25) is 0 Å². The van der Waals surface area contributed by atoms with E-state index in [9.17, 15) is 4.79 Å². The topological polar surface area (TPSA) is 41.4 Å². The first-order chi connectivity index (χ1) is 9.22. The van der Waals surface area contributed by atoms with Crippen LogP contribution in [0.1, 0.15) is 31.4 Å². The van der Waals surface area contributed by atoms with Crippen molar-refractivity contribution >= 4 is 5.91 Å². The summed E-state index contributed by atoms with van der Waals surface area (Å²) in [5, 5.41) is 0.